The molecule has 0 spiro atoms. The summed E-state index contributed by atoms with van der Waals surface area (Å²) in [5, 5.41) is 12.5. The van der Waals surface area contributed by atoms with Crippen LogP contribution in [-0.2, 0) is 0 Å². The molecule has 1 fully saturated rings. The molecular weight excluding hydrogens is 376 g/mol. The molecule has 1 amide bonds. The molecule has 1 heterocycles. The summed E-state index contributed by atoms with van der Waals surface area (Å²) in [6.07, 6.45) is 5.77. The van der Waals surface area contributed by atoms with Crippen LogP contribution in [0.15, 0.2) is 33.7 Å². The van der Waals surface area contributed by atoms with Crippen LogP contribution in [0.25, 0.3) is 0 Å². The van der Waals surface area contributed by atoms with Crippen molar-refractivity contribution in [1.82, 2.24) is 10.2 Å². The first-order chi connectivity index (χ1) is 11.1. The predicted molar refractivity (Wildman–Crippen MR) is 97.3 cm³/mol. The van der Waals surface area contributed by atoms with Gasteiger partial charge in [0.1, 0.15) is 0 Å². The zero-order valence-corrected chi connectivity index (χ0v) is 15.4. The van der Waals surface area contributed by atoms with Crippen molar-refractivity contribution in [2.45, 2.75) is 12.8 Å². The molecule has 0 radical (unpaired) electrons. The Bertz CT molecular complexity index is 604. The minimum Gasteiger partial charge on any atom is -0.352 e. The van der Waals surface area contributed by atoms with Gasteiger partial charge in [-0.3, -0.25) is 4.79 Å². The number of likely N-dealkylation sites (tertiary alicyclic amines) is 1. The quantitative estimate of drug-likeness (QED) is 0.485. The number of nitriles is 1. The third-order valence-electron chi connectivity index (χ3n) is 3.87. The molecule has 0 saturated carbocycles. The van der Waals surface area contributed by atoms with Crippen molar-refractivity contribution in [3.05, 3.63) is 34.3 Å². The third kappa shape index (κ3) is 5.26. The minimum absolute atomic E-state index is 0.0317. The summed E-state index contributed by atoms with van der Waals surface area (Å²) in [7, 11) is 0. The number of nitrogens with zero attached hydrogens (tertiary/aromatic N) is 3. The number of amidine groups is 1. The number of rotatable bonds is 3. The second kappa shape index (κ2) is 8.94. The van der Waals surface area contributed by atoms with Crippen LogP contribution in [0.2, 0.25) is 0 Å². The molecule has 1 aliphatic heterocycles. The lowest BCUT2D eigenvalue weighted by Gasteiger charge is -2.33. The van der Waals surface area contributed by atoms with Gasteiger partial charge in [0.2, 0.25) is 6.19 Å². The number of nitrogens with one attached hydrogen (secondary N) is 1. The first-order valence-corrected chi connectivity index (χ1v) is 9.45. The van der Waals surface area contributed by atoms with Gasteiger partial charge in [-0.2, -0.15) is 5.26 Å². The van der Waals surface area contributed by atoms with Crippen molar-refractivity contribution < 1.29 is 4.79 Å². The molecular formula is C16H19BrN4OS. The Hall–Kier alpha value is -1.52. The van der Waals surface area contributed by atoms with Gasteiger partial charge in [0.25, 0.3) is 5.91 Å². The SMILES string of the molecule is CS/C(=N\C#N)N1CCC(CNC(=O)c2ccc(Br)cc2)CC1. The molecule has 1 N–H and O–H groups in total. The van der Waals surface area contributed by atoms with E-state index in [0.29, 0.717) is 18.0 Å². The van der Waals surface area contributed by atoms with E-state index in [1.165, 1.54) is 11.8 Å². The zero-order valence-electron chi connectivity index (χ0n) is 13.0. The molecule has 122 valence electrons. The molecule has 0 aromatic heterocycles. The van der Waals surface area contributed by atoms with Gasteiger partial charge in [-0.1, -0.05) is 27.7 Å². The van der Waals surface area contributed by atoms with Gasteiger partial charge >= 0.3 is 0 Å². The Balaban J connectivity index is 1.78. The maximum Gasteiger partial charge on any atom is 0.251 e. The summed E-state index contributed by atoms with van der Waals surface area (Å²) in [4.78, 5) is 18.1. The summed E-state index contributed by atoms with van der Waals surface area (Å²) in [5.41, 5.74) is 0.677. The van der Waals surface area contributed by atoms with Gasteiger partial charge in [0.05, 0.1) is 0 Å². The van der Waals surface area contributed by atoms with Gasteiger partial charge in [-0.25, -0.2) is 0 Å². The number of amides is 1. The number of thioether (sulfide) groups is 1. The highest BCUT2D eigenvalue weighted by Gasteiger charge is 2.22. The van der Waals surface area contributed by atoms with Gasteiger partial charge in [0.15, 0.2) is 5.17 Å². The van der Waals surface area contributed by atoms with Crippen molar-refractivity contribution in [3.63, 3.8) is 0 Å². The van der Waals surface area contributed by atoms with Crippen LogP contribution in [0, 0.1) is 17.4 Å². The van der Waals surface area contributed by atoms with E-state index in [2.05, 4.69) is 31.1 Å². The van der Waals surface area contributed by atoms with E-state index in [-0.39, 0.29) is 5.91 Å². The maximum atomic E-state index is 12.1. The fraction of sp³-hybridized carbons (Fsp3) is 0.438. The summed E-state index contributed by atoms with van der Waals surface area (Å²) in [6, 6.07) is 7.36. The highest BCUT2D eigenvalue weighted by atomic mass is 79.9. The Labute approximate surface area is 149 Å². The van der Waals surface area contributed by atoms with E-state index >= 15 is 0 Å². The van der Waals surface area contributed by atoms with E-state index in [0.717, 1.165) is 35.6 Å². The summed E-state index contributed by atoms with van der Waals surface area (Å²) in [5.74, 6) is 0.437. The fourth-order valence-corrected chi connectivity index (χ4v) is 3.39. The average molecular weight is 395 g/mol. The number of hydrogen-bond donors (Lipinski definition) is 1. The topological polar surface area (TPSA) is 68.5 Å². The lowest BCUT2D eigenvalue weighted by atomic mass is 9.97. The summed E-state index contributed by atoms with van der Waals surface area (Å²) < 4.78 is 0.963. The number of carbonyl (C=O) groups excluding carboxylic acids is 1. The van der Waals surface area contributed by atoms with Crippen LogP contribution in [0.3, 0.4) is 0 Å². The summed E-state index contributed by atoms with van der Waals surface area (Å²) >= 11 is 4.86. The van der Waals surface area contributed by atoms with E-state index in [1.807, 2.05) is 36.7 Å². The second-order valence-corrected chi connectivity index (χ2v) is 7.03. The van der Waals surface area contributed by atoms with Crippen molar-refractivity contribution in [3.8, 4) is 6.19 Å². The maximum absolute atomic E-state index is 12.1. The molecule has 2 rings (SSSR count). The van der Waals surface area contributed by atoms with E-state index in [9.17, 15) is 4.79 Å². The molecule has 0 unspecified atom stereocenters. The number of piperidine rings is 1. The lowest BCUT2D eigenvalue weighted by Crippen LogP contribution is -2.40. The minimum atomic E-state index is -0.0317. The third-order valence-corrected chi connectivity index (χ3v) is 5.11. The number of hydrogen-bond acceptors (Lipinski definition) is 4. The monoisotopic (exact) mass is 394 g/mol. The first-order valence-electron chi connectivity index (χ1n) is 7.43. The lowest BCUT2D eigenvalue weighted by molar-refractivity contribution is 0.0941. The first kappa shape index (κ1) is 17.8. The fourth-order valence-electron chi connectivity index (χ4n) is 2.56. The molecule has 1 aromatic rings. The van der Waals surface area contributed by atoms with Gasteiger partial charge in [-0.05, 0) is 49.3 Å². The van der Waals surface area contributed by atoms with E-state index in [1.54, 1.807) is 0 Å². The largest absolute Gasteiger partial charge is 0.352 e. The molecule has 23 heavy (non-hydrogen) atoms. The second-order valence-electron chi connectivity index (χ2n) is 5.35. The van der Waals surface area contributed by atoms with E-state index in [4.69, 9.17) is 5.26 Å². The van der Waals surface area contributed by atoms with Crippen LogP contribution in [0.5, 0.6) is 0 Å². The van der Waals surface area contributed by atoms with Crippen LogP contribution in [0.1, 0.15) is 23.2 Å². The standard InChI is InChI=1S/C16H19BrN4OS/c1-23-16(20-11-18)21-8-6-12(7-9-21)10-19-15(22)13-2-4-14(17)5-3-13/h2-5,12H,6-10H2,1H3,(H,19,22)/b20-16-. The average Bonchev–Trinajstić information content (AvgIpc) is 2.59. The molecule has 1 aliphatic rings. The van der Waals surface area contributed by atoms with Crippen molar-refractivity contribution in [2.24, 2.45) is 10.9 Å². The predicted octanol–water partition coefficient (Wildman–Crippen LogP) is 3.09. The molecule has 7 heteroatoms. The highest BCUT2D eigenvalue weighted by molar-refractivity contribution is 9.10. The molecule has 0 atom stereocenters. The Morgan fingerprint density at radius 2 is 2.09 bits per heavy atom. The number of benzene rings is 1. The Morgan fingerprint density at radius 3 is 2.65 bits per heavy atom. The number of halogens is 1. The Kier molecular flexibility index (Phi) is 6.93. The molecule has 1 aromatic carbocycles. The number of aliphatic imine (C=N–C) groups is 1. The van der Waals surface area contributed by atoms with Crippen LogP contribution >= 0.6 is 27.7 Å². The normalized spacial score (nSPS) is 16.0. The number of carbonyl (C=O) groups is 1. The molecule has 1 saturated heterocycles. The Morgan fingerprint density at radius 1 is 1.43 bits per heavy atom. The van der Waals surface area contributed by atoms with Crippen LogP contribution in [0.4, 0.5) is 0 Å². The summed E-state index contributed by atoms with van der Waals surface area (Å²) in [6.45, 7) is 2.44. The smallest absolute Gasteiger partial charge is 0.251 e. The van der Waals surface area contributed by atoms with Gasteiger partial charge in [-0.15, -0.1) is 4.99 Å². The molecule has 0 bridgehead atoms. The van der Waals surface area contributed by atoms with Gasteiger partial charge in [0, 0.05) is 29.7 Å². The highest BCUT2D eigenvalue weighted by Crippen LogP contribution is 2.19. The van der Waals surface area contributed by atoms with Crippen molar-refractivity contribution in [1.29, 1.82) is 5.26 Å². The van der Waals surface area contributed by atoms with Crippen LogP contribution < -0.4 is 5.32 Å². The van der Waals surface area contributed by atoms with E-state index < -0.39 is 0 Å². The van der Waals surface area contributed by atoms with Crippen molar-refractivity contribution >= 4 is 38.8 Å². The van der Waals surface area contributed by atoms with Gasteiger partial charge < -0.3 is 10.2 Å². The molecule has 0 aliphatic carbocycles. The molecule has 5 nitrogen and oxygen atoms in total. The van der Waals surface area contributed by atoms with Crippen molar-refractivity contribution in [2.75, 3.05) is 25.9 Å². The van der Waals surface area contributed by atoms with Crippen LogP contribution in [-0.4, -0.2) is 41.9 Å². The zero-order chi connectivity index (χ0) is 16.7.